The first-order chi connectivity index (χ1) is 9.65. The summed E-state index contributed by atoms with van der Waals surface area (Å²) in [5.74, 6) is 0.0649. The number of hydrogen-bond acceptors (Lipinski definition) is 3. The Labute approximate surface area is 124 Å². The summed E-state index contributed by atoms with van der Waals surface area (Å²) in [6, 6.07) is 5.65. The summed E-state index contributed by atoms with van der Waals surface area (Å²) >= 11 is 5.90. The van der Waals surface area contributed by atoms with Gasteiger partial charge < -0.3 is 10.6 Å². The Balaban J connectivity index is 1.67. The van der Waals surface area contributed by atoms with Gasteiger partial charge in [0.05, 0.1) is 10.7 Å². The van der Waals surface area contributed by atoms with E-state index >= 15 is 0 Å². The maximum absolute atomic E-state index is 12.5. The molecule has 2 N–H and O–H groups in total. The van der Waals surface area contributed by atoms with Gasteiger partial charge in [0, 0.05) is 24.7 Å². The zero-order valence-electron chi connectivity index (χ0n) is 11.5. The minimum Gasteiger partial charge on any atom is -0.398 e. The number of hydrogen-bond donors (Lipinski definition) is 1. The van der Waals surface area contributed by atoms with E-state index in [1.54, 1.807) is 18.2 Å². The molecule has 0 aromatic heterocycles. The molecule has 1 aromatic carbocycles. The molecule has 20 heavy (non-hydrogen) atoms. The summed E-state index contributed by atoms with van der Waals surface area (Å²) in [5, 5.41) is 0.498. The highest BCUT2D eigenvalue weighted by Gasteiger charge is 2.31. The predicted molar refractivity (Wildman–Crippen MR) is 81.0 cm³/mol. The van der Waals surface area contributed by atoms with Crippen LogP contribution in [0.25, 0.3) is 0 Å². The van der Waals surface area contributed by atoms with Crippen LogP contribution in [0.5, 0.6) is 0 Å². The van der Waals surface area contributed by atoms with Gasteiger partial charge in [-0.15, -0.1) is 0 Å². The number of nitrogens with two attached hydrogens (primary N) is 1. The SMILES string of the molecule is Nc1cc(C(=O)N2CCC(N3CCCC3)C2)ccc1Cl. The van der Waals surface area contributed by atoms with E-state index in [0.29, 0.717) is 22.3 Å². The second-order valence-electron chi connectivity index (χ2n) is 5.67. The van der Waals surface area contributed by atoms with Crippen molar-refractivity contribution in [2.75, 3.05) is 31.9 Å². The maximum Gasteiger partial charge on any atom is 0.253 e. The molecule has 1 amide bonds. The van der Waals surface area contributed by atoms with Crippen molar-refractivity contribution in [3.63, 3.8) is 0 Å². The molecule has 5 heteroatoms. The molecule has 0 saturated carbocycles. The molecule has 2 aliphatic heterocycles. The summed E-state index contributed by atoms with van der Waals surface area (Å²) in [4.78, 5) is 16.9. The highest BCUT2D eigenvalue weighted by atomic mass is 35.5. The summed E-state index contributed by atoms with van der Waals surface area (Å²) in [6.45, 7) is 4.03. The van der Waals surface area contributed by atoms with E-state index in [2.05, 4.69) is 4.90 Å². The van der Waals surface area contributed by atoms with Crippen molar-refractivity contribution in [2.24, 2.45) is 0 Å². The van der Waals surface area contributed by atoms with Crippen LogP contribution in [0.15, 0.2) is 18.2 Å². The number of anilines is 1. The number of nitrogens with zero attached hydrogens (tertiary/aromatic N) is 2. The van der Waals surface area contributed by atoms with Crippen molar-refractivity contribution in [1.82, 2.24) is 9.80 Å². The number of rotatable bonds is 2. The van der Waals surface area contributed by atoms with Crippen LogP contribution in [0, 0.1) is 0 Å². The van der Waals surface area contributed by atoms with E-state index in [4.69, 9.17) is 17.3 Å². The van der Waals surface area contributed by atoms with Crippen molar-refractivity contribution < 1.29 is 4.79 Å². The lowest BCUT2D eigenvalue weighted by Crippen LogP contribution is -2.37. The molecule has 0 bridgehead atoms. The minimum absolute atomic E-state index is 0.0649. The van der Waals surface area contributed by atoms with Crippen LogP contribution in [0.1, 0.15) is 29.6 Å². The summed E-state index contributed by atoms with van der Waals surface area (Å²) in [7, 11) is 0. The Morgan fingerprint density at radius 2 is 2.00 bits per heavy atom. The van der Waals surface area contributed by atoms with Crippen LogP contribution in [-0.2, 0) is 0 Å². The predicted octanol–water partition coefficient (Wildman–Crippen LogP) is 2.23. The summed E-state index contributed by atoms with van der Waals surface area (Å²) < 4.78 is 0. The number of halogens is 1. The fourth-order valence-electron chi connectivity index (χ4n) is 3.19. The van der Waals surface area contributed by atoms with Crippen LogP contribution in [0.3, 0.4) is 0 Å². The van der Waals surface area contributed by atoms with Gasteiger partial charge in [0.25, 0.3) is 5.91 Å². The van der Waals surface area contributed by atoms with Gasteiger partial charge in [0.1, 0.15) is 0 Å². The third-order valence-corrected chi connectivity index (χ3v) is 4.69. The molecule has 4 nitrogen and oxygen atoms in total. The molecular weight excluding hydrogens is 274 g/mol. The third-order valence-electron chi connectivity index (χ3n) is 4.35. The Bertz CT molecular complexity index is 514. The number of likely N-dealkylation sites (tertiary alicyclic amines) is 2. The van der Waals surface area contributed by atoms with Crippen molar-refractivity contribution in [2.45, 2.75) is 25.3 Å². The van der Waals surface area contributed by atoms with Gasteiger partial charge in [-0.1, -0.05) is 11.6 Å². The maximum atomic E-state index is 12.5. The molecule has 0 aliphatic carbocycles. The van der Waals surface area contributed by atoms with Crippen molar-refractivity contribution in [3.8, 4) is 0 Å². The average molecular weight is 294 g/mol. The lowest BCUT2D eigenvalue weighted by molar-refractivity contribution is 0.0780. The zero-order valence-corrected chi connectivity index (χ0v) is 12.3. The van der Waals surface area contributed by atoms with Gasteiger partial charge in [0.2, 0.25) is 0 Å². The van der Waals surface area contributed by atoms with Crippen molar-refractivity contribution >= 4 is 23.2 Å². The van der Waals surface area contributed by atoms with E-state index in [0.717, 1.165) is 19.5 Å². The molecule has 108 valence electrons. The smallest absolute Gasteiger partial charge is 0.253 e. The summed E-state index contributed by atoms with van der Waals surface area (Å²) in [6.07, 6.45) is 3.66. The summed E-state index contributed by atoms with van der Waals surface area (Å²) in [5.41, 5.74) is 6.87. The quantitative estimate of drug-likeness (QED) is 0.851. The van der Waals surface area contributed by atoms with Crippen LogP contribution < -0.4 is 5.73 Å². The van der Waals surface area contributed by atoms with Crippen LogP contribution >= 0.6 is 11.6 Å². The van der Waals surface area contributed by atoms with Gasteiger partial charge in [0.15, 0.2) is 0 Å². The normalized spacial score (nSPS) is 23.4. The number of amides is 1. The molecule has 1 atom stereocenters. The number of nitrogen functional groups attached to an aromatic ring is 1. The second kappa shape index (κ2) is 5.62. The number of benzene rings is 1. The van der Waals surface area contributed by atoms with Gasteiger partial charge in [-0.3, -0.25) is 9.69 Å². The molecule has 3 rings (SSSR count). The molecule has 2 fully saturated rings. The fourth-order valence-corrected chi connectivity index (χ4v) is 3.31. The molecule has 1 aromatic rings. The van der Waals surface area contributed by atoms with E-state index in [1.165, 1.54) is 25.9 Å². The Morgan fingerprint density at radius 1 is 1.25 bits per heavy atom. The van der Waals surface area contributed by atoms with Crippen LogP contribution in [-0.4, -0.2) is 47.9 Å². The zero-order chi connectivity index (χ0) is 14.1. The van der Waals surface area contributed by atoms with Crippen LogP contribution in [0.4, 0.5) is 5.69 Å². The lowest BCUT2D eigenvalue weighted by atomic mass is 10.2. The number of carbonyl (C=O) groups is 1. The molecule has 1 unspecified atom stereocenters. The monoisotopic (exact) mass is 293 g/mol. The molecule has 0 radical (unpaired) electrons. The topological polar surface area (TPSA) is 49.6 Å². The van der Waals surface area contributed by atoms with E-state index in [-0.39, 0.29) is 5.91 Å². The highest BCUT2D eigenvalue weighted by Crippen LogP contribution is 2.24. The van der Waals surface area contributed by atoms with Crippen molar-refractivity contribution in [1.29, 1.82) is 0 Å². The van der Waals surface area contributed by atoms with Gasteiger partial charge >= 0.3 is 0 Å². The first kappa shape index (κ1) is 13.7. The molecule has 2 aliphatic rings. The van der Waals surface area contributed by atoms with Gasteiger partial charge in [-0.2, -0.15) is 0 Å². The second-order valence-corrected chi connectivity index (χ2v) is 6.08. The molecule has 2 heterocycles. The average Bonchev–Trinajstić information content (AvgIpc) is 3.11. The van der Waals surface area contributed by atoms with Gasteiger partial charge in [-0.05, 0) is 50.6 Å². The van der Waals surface area contributed by atoms with E-state index in [9.17, 15) is 4.79 Å². The van der Waals surface area contributed by atoms with Gasteiger partial charge in [-0.25, -0.2) is 0 Å². The standard InChI is InChI=1S/C15H20ClN3O/c16-13-4-3-11(9-14(13)17)15(20)19-8-5-12(10-19)18-6-1-2-7-18/h3-4,9,12H,1-2,5-8,10,17H2. The number of carbonyl (C=O) groups excluding carboxylic acids is 1. The van der Waals surface area contributed by atoms with E-state index in [1.807, 2.05) is 4.90 Å². The largest absolute Gasteiger partial charge is 0.398 e. The Hall–Kier alpha value is -1.26. The Kier molecular flexibility index (Phi) is 3.85. The first-order valence-electron chi connectivity index (χ1n) is 7.23. The molecule has 0 spiro atoms. The lowest BCUT2D eigenvalue weighted by Gasteiger charge is -2.23. The Morgan fingerprint density at radius 3 is 2.70 bits per heavy atom. The van der Waals surface area contributed by atoms with E-state index < -0.39 is 0 Å². The molecular formula is C15H20ClN3O. The van der Waals surface area contributed by atoms with Crippen molar-refractivity contribution in [3.05, 3.63) is 28.8 Å². The van der Waals surface area contributed by atoms with Crippen LogP contribution in [0.2, 0.25) is 5.02 Å². The molecule has 2 saturated heterocycles. The first-order valence-corrected chi connectivity index (χ1v) is 7.61. The highest BCUT2D eigenvalue weighted by molar-refractivity contribution is 6.33. The third kappa shape index (κ3) is 2.63. The fraction of sp³-hybridized carbons (Fsp3) is 0.533. The minimum atomic E-state index is 0.0649.